The van der Waals surface area contributed by atoms with Crippen LogP contribution in [0.3, 0.4) is 0 Å². The summed E-state index contributed by atoms with van der Waals surface area (Å²) < 4.78 is 1.41. The lowest BCUT2D eigenvalue weighted by atomic mass is 10.0. The number of hydrogen-bond donors (Lipinski definition) is 4. The molecular weight excluding hydrogens is 488 g/mol. The number of nitrogens with one attached hydrogen (secondary N) is 1. The molecule has 12 heteroatoms. The molecule has 1 unspecified atom stereocenters. The van der Waals surface area contributed by atoms with Crippen LogP contribution in [0.2, 0.25) is 0 Å². The van der Waals surface area contributed by atoms with Crippen LogP contribution in [0.5, 0.6) is 0 Å². The number of rotatable bonds is 6. The van der Waals surface area contributed by atoms with Gasteiger partial charge in [0.1, 0.15) is 5.82 Å². The van der Waals surface area contributed by atoms with Crippen LogP contribution in [0.4, 0.5) is 10.6 Å². The third-order valence-electron chi connectivity index (χ3n) is 7.08. The Labute approximate surface area is 222 Å². The Morgan fingerprint density at radius 2 is 1.79 bits per heavy atom. The van der Waals surface area contributed by atoms with Gasteiger partial charge in [-0.1, -0.05) is 12.1 Å². The third-order valence-corrected chi connectivity index (χ3v) is 7.08. The minimum atomic E-state index is -1.04. The van der Waals surface area contributed by atoms with E-state index in [4.69, 9.17) is 11.5 Å². The van der Waals surface area contributed by atoms with Gasteiger partial charge in [0.05, 0.1) is 23.9 Å². The lowest BCUT2D eigenvalue weighted by Crippen LogP contribution is -2.62. The minimum absolute atomic E-state index is 0.106. The molecule has 1 aromatic carbocycles. The predicted molar refractivity (Wildman–Crippen MR) is 144 cm³/mol. The Morgan fingerprint density at radius 3 is 2.39 bits per heavy atom. The average Bonchev–Trinajstić information content (AvgIpc) is 2.89. The number of aromatic nitrogens is 2. The standard InChI is InChI=1S/C26H38N8O4/c1-26(2,28)23(36)32-13-14-34(21(16-32)17-35)25(38)30-22-9-12-33(24(37)29-22)20-5-3-18(4-6-20)15-31-10-7-19(27)8-11-31/h3-6,9,12,19,21,35H,7-8,10-11,13-17,27-28H2,1-2H3,(H,29,30,37,38). The highest BCUT2D eigenvalue weighted by Crippen LogP contribution is 2.17. The highest BCUT2D eigenvalue weighted by atomic mass is 16.3. The van der Waals surface area contributed by atoms with Gasteiger partial charge in [-0.05, 0) is 63.5 Å². The maximum atomic E-state index is 12.9. The summed E-state index contributed by atoms with van der Waals surface area (Å²) >= 11 is 0. The zero-order chi connectivity index (χ0) is 27.4. The number of urea groups is 1. The number of nitrogens with zero attached hydrogens (tertiary/aromatic N) is 5. The molecule has 6 N–H and O–H groups in total. The zero-order valence-electron chi connectivity index (χ0n) is 22.0. The summed E-state index contributed by atoms with van der Waals surface area (Å²) in [6.07, 6.45) is 3.58. The molecule has 0 bridgehead atoms. The van der Waals surface area contributed by atoms with E-state index in [2.05, 4.69) is 15.2 Å². The third kappa shape index (κ3) is 6.57. The van der Waals surface area contributed by atoms with E-state index < -0.39 is 23.3 Å². The predicted octanol–water partition coefficient (Wildman–Crippen LogP) is -0.0701. The number of amides is 3. The fourth-order valence-electron chi connectivity index (χ4n) is 4.85. The Hall–Kier alpha value is -3.32. The van der Waals surface area contributed by atoms with Gasteiger partial charge in [0.25, 0.3) is 0 Å². The van der Waals surface area contributed by atoms with Crippen LogP contribution >= 0.6 is 0 Å². The summed E-state index contributed by atoms with van der Waals surface area (Å²) in [6.45, 7) is 6.40. The number of aliphatic hydroxyl groups is 1. The topological polar surface area (TPSA) is 163 Å². The van der Waals surface area contributed by atoms with E-state index in [1.54, 1.807) is 31.0 Å². The molecule has 0 spiro atoms. The number of carbonyl (C=O) groups is 2. The summed E-state index contributed by atoms with van der Waals surface area (Å²) in [5.41, 5.74) is 12.2. The maximum Gasteiger partial charge on any atom is 0.354 e. The van der Waals surface area contributed by atoms with Crippen LogP contribution in [-0.2, 0) is 11.3 Å². The van der Waals surface area contributed by atoms with Crippen molar-refractivity contribution in [1.82, 2.24) is 24.3 Å². The first-order valence-electron chi connectivity index (χ1n) is 13.0. The normalized spacial score (nSPS) is 19.4. The van der Waals surface area contributed by atoms with Crippen LogP contribution in [0.25, 0.3) is 5.69 Å². The van der Waals surface area contributed by atoms with Crippen molar-refractivity contribution in [1.29, 1.82) is 0 Å². The second-order valence-corrected chi connectivity index (χ2v) is 10.7. The Balaban J connectivity index is 1.37. The first-order chi connectivity index (χ1) is 18.0. The van der Waals surface area contributed by atoms with Crippen molar-refractivity contribution in [2.45, 2.75) is 50.9 Å². The van der Waals surface area contributed by atoms with Crippen molar-refractivity contribution in [3.63, 3.8) is 0 Å². The van der Waals surface area contributed by atoms with Crippen molar-refractivity contribution in [2.24, 2.45) is 11.5 Å². The smallest absolute Gasteiger partial charge is 0.354 e. The van der Waals surface area contributed by atoms with E-state index in [0.29, 0.717) is 18.3 Å². The van der Waals surface area contributed by atoms with Crippen LogP contribution in [-0.4, -0.2) is 98.2 Å². The van der Waals surface area contributed by atoms with Gasteiger partial charge in [-0.3, -0.25) is 19.6 Å². The van der Waals surface area contributed by atoms with Crippen molar-refractivity contribution >= 4 is 17.8 Å². The molecule has 4 rings (SSSR count). The van der Waals surface area contributed by atoms with Crippen molar-refractivity contribution < 1.29 is 14.7 Å². The summed E-state index contributed by atoms with van der Waals surface area (Å²) in [6, 6.07) is 8.49. The molecule has 12 nitrogen and oxygen atoms in total. The quantitative estimate of drug-likeness (QED) is 0.406. The summed E-state index contributed by atoms with van der Waals surface area (Å²) in [7, 11) is 0. The molecule has 0 radical (unpaired) electrons. The van der Waals surface area contributed by atoms with Crippen molar-refractivity contribution in [3.8, 4) is 5.69 Å². The lowest BCUT2D eigenvalue weighted by Gasteiger charge is -2.42. The summed E-state index contributed by atoms with van der Waals surface area (Å²) in [5, 5.41) is 12.5. The number of piperidine rings is 1. The molecule has 2 fully saturated rings. The first-order valence-corrected chi connectivity index (χ1v) is 13.0. The first kappa shape index (κ1) is 27.7. The molecule has 2 aliphatic heterocycles. The molecule has 1 atom stereocenters. The number of hydrogen-bond acceptors (Lipinski definition) is 8. The Kier molecular flexibility index (Phi) is 8.46. The molecule has 3 heterocycles. The fraction of sp³-hybridized carbons (Fsp3) is 0.538. The summed E-state index contributed by atoms with van der Waals surface area (Å²) in [4.78, 5) is 47.5. The molecule has 206 valence electrons. The second kappa shape index (κ2) is 11.6. The fourth-order valence-corrected chi connectivity index (χ4v) is 4.85. The van der Waals surface area contributed by atoms with Gasteiger partial charge in [0.15, 0.2) is 0 Å². The van der Waals surface area contributed by atoms with Gasteiger partial charge in [0.2, 0.25) is 5.91 Å². The van der Waals surface area contributed by atoms with Crippen molar-refractivity contribution in [2.75, 3.05) is 44.6 Å². The Bertz CT molecular complexity index is 1180. The molecule has 2 saturated heterocycles. The molecule has 0 aliphatic carbocycles. The number of benzene rings is 1. The van der Waals surface area contributed by atoms with Gasteiger partial charge >= 0.3 is 11.7 Å². The van der Waals surface area contributed by atoms with E-state index in [1.165, 1.54) is 9.47 Å². The molecule has 1 aromatic heterocycles. The lowest BCUT2D eigenvalue weighted by molar-refractivity contribution is -0.138. The number of anilines is 1. The van der Waals surface area contributed by atoms with Gasteiger partial charge in [-0.15, -0.1) is 0 Å². The van der Waals surface area contributed by atoms with E-state index in [-0.39, 0.29) is 31.4 Å². The molecule has 2 aliphatic rings. The van der Waals surface area contributed by atoms with Crippen LogP contribution < -0.4 is 22.5 Å². The highest BCUT2D eigenvalue weighted by molar-refractivity contribution is 5.89. The van der Waals surface area contributed by atoms with Gasteiger partial charge in [0, 0.05) is 38.4 Å². The second-order valence-electron chi connectivity index (χ2n) is 10.7. The molecule has 38 heavy (non-hydrogen) atoms. The van der Waals surface area contributed by atoms with E-state index in [9.17, 15) is 19.5 Å². The van der Waals surface area contributed by atoms with Gasteiger partial charge in [-0.2, -0.15) is 4.98 Å². The number of nitrogens with two attached hydrogens (primary N) is 2. The average molecular weight is 527 g/mol. The number of carbonyl (C=O) groups excluding carboxylic acids is 2. The number of piperazine rings is 1. The van der Waals surface area contributed by atoms with E-state index >= 15 is 0 Å². The summed E-state index contributed by atoms with van der Waals surface area (Å²) in [5.74, 6) is -0.139. The highest BCUT2D eigenvalue weighted by Gasteiger charge is 2.36. The SMILES string of the molecule is CC(C)(N)C(=O)N1CCN(C(=O)Nc2ccn(-c3ccc(CN4CCC(N)CC4)cc3)c(=O)n2)C(CO)C1. The largest absolute Gasteiger partial charge is 0.394 e. The zero-order valence-corrected chi connectivity index (χ0v) is 22.0. The maximum absolute atomic E-state index is 12.9. The van der Waals surface area contributed by atoms with Crippen LogP contribution in [0.1, 0.15) is 32.3 Å². The van der Waals surface area contributed by atoms with E-state index in [0.717, 1.165) is 38.0 Å². The number of aliphatic hydroxyl groups excluding tert-OH is 1. The molecular formula is C26H38N8O4. The minimum Gasteiger partial charge on any atom is -0.394 e. The van der Waals surface area contributed by atoms with Crippen molar-refractivity contribution in [3.05, 3.63) is 52.6 Å². The monoisotopic (exact) mass is 526 g/mol. The van der Waals surface area contributed by atoms with Crippen LogP contribution in [0, 0.1) is 0 Å². The molecule has 2 aromatic rings. The molecule has 0 saturated carbocycles. The van der Waals surface area contributed by atoms with Crippen LogP contribution in [0.15, 0.2) is 41.3 Å². The number of likely N-dealkylation sites (tertiary alicyclic amines) is 1. The van der Waals surface area contributed by atoms with E-state index in [1.807, 2.05) is 24.3 Å². The Morgan fingerprint density at radius 1 is 1.11 bits per heavy atom. The van der Waals surface area contributed by atoms with Gasteiger partial charge < -0.3 is 26.4 Å². The molecule has 3 amide bonds. The van der Waals surface area contributed by atoms with Gasteiger partial charge in [-0.25, -0.2) is 9.59 Å².